The second kappa shape index (κ2) is 5.80. The Bertz CT molecular complexity index is 691. The van der Waals surface area contributed by atoms with Crippen molar-refractivity contribution in [1.29, 1.82) is 0 Å². The first-order valence-electron chi connectivity index (χ1n) is 7.48. The number of hydrogen-bond acceptors (Lipinski definition) is 3. The lowest BCUT2D eigenvalue weighted by Crippen LogP contribution is -2.36. The standard InChI is InChI=1S/C17H19FN2OS/c1-10-15(17(21)20(3)11(2)12-4-5-12)22-16(19-10)13-6-8-14(18)9-7-13/h6-9,11-12H,4-5H2,1-3H3/t11-/m0/s1. The number of carbonyl (C=O) groups is 1. The van der Waals surface area contributed by atoms with E-state index >= 15 is 0 Å². The summed E-state index contributed by atoms with van der Waals surface area (Å²) < 4.78 is 13.0. The molecule has 3 rings (SSSR count). The fraction of sp³-hybridized carbons (Fsp3) is 0.412. The van der Waals surface area contributed by atoms with Gasteiger partial charge in [0.2, 0.25) is 0 Å². The molecule has 0 N–H and O–H groups in total. The molecule has 0 bridgehead atoms. The summed E-state index contributed by atoms with van der Waals surface area (Å²) in [5.41, 5.74) is 1.58. The van der Waals surface area contributed by atoms with Crippen molar-refractivity contribution in [2.45, 2.75) is 32.7 Å². The zero-order valence-corrected chi connectivity index (χ0v) is 13.8. The van der Waals surface area contributed by atoms with Gasteiger partial charge in [-0.2, -0.15) is 0 Å². The van der Waals surface area contributed by atoms with Crippen LogP contribution >= 0.6 is 11.3 Å². The minimum atomic E-state index is -0.272. The van der Waals surface area contributed by atoms with E-state index in [2.05, 4.69) is 11.9 Å². The third kappa shape index (κ3) is 2.90. The lowest BCUT2D eigenvalue weighted by molar-refractivity contribution is 0.0731. The van der Waals surface area contributed by atoms with Gasteiger partial charge in [-0.3, -0.25) is 4.79 Å². The zero-order chi connectivity index (χ0) is 15.9. The third-order valence-electron chi connectivity index (χ3n) is 4.32. The number of benzene rings is 1. The molecule has 0 radical (unpaired) electrons. The van der Waals surface area contributed by atoms with Gasteiger partial charge in [0.05, 0.1) is 5.69 Å². The quantitative estimate of drug-likeness (QED) is 0.849. The molecule has 0 unspecified atom stereocenters. The first kappa shape index (κ1) is 15.2. The highest BCUT2D eigenvalue weighted by atomic mass is 32.1. The topological polar surface area (TPSA) is 33.2 Å². The summed E-state index contributed by atoms with van der Waals surface area (Å²) in [5.74, 6) is 0.396. The Morgan fingerprint density at radius 2 is 2.00 bits per heavy atom. The minimum absolute atomic E-state index is 0.0303. The van der Waals surface area contributed by atoms with Crippen LogP contribution in [0.15, 0.2) is 24.3 Å². The van der Waals surface area contributed by atoms with E-state index in [1.54, 1.807) is 12.1 Å². The highest BCUT2D eigenvalue weighted by Gasteiger charge is 2.33. The van der Waals surface area contributed by atoms with E-state index in [-0.39, 0.29) is 17.8 Å². The Kier molecular flexibility index (Phi) is 4.00. The van der Waals surface area contributed by atoms with Gasteiger partial charge in [-0.25, -0.2) is 9.37 Å². The molecule has 5 heteroatoms. The highest BCUT2D eigenvalue weighted by Crippen LogP contribution is 2.36. The number of aromatic nitrogens is 1. The number of hydrogen-bond donors (Lipinski definition) is 0. The summed E-state index contributed by atoms with van der Waals surface area (Å²) in [4.78, 5) is 19.7. The monoisotopic (exact) mass is 318 g/mol. The van der Waals surface area contributed by atoms with Crippen LogP contribution in [0.4, 0.5) is 4.39 Å². The van der Waals surface area contributed by atoms with Gasteiger partial charge in [-0.05, 0) is 56.9 Å². The van der Waals surface area contributed by atoms with Crippen LogP contribution in [0.5, 0.6) is 0 Å². The summed E-state index contributed by atoms with van der Waals surface area (Å²) in [5, 5.41) is 0.758. The molecule has 1 aromatic carbocycles. The number of nitrogens with zero attached hydrogens (tertiary/aromatic N) is 2. The van der Waals surface area contributed by atoms with Crippen molar-refractivity contribution in [2.24, 2.45) is 5.92 Å². The van der Waals surface area contributed by atoms with Crippen molar-refractivity contribution < 1.29 is 9.18 Å². The maximum atomic E-state index is 13.0. The van der Waals surface area contributed by atoms with Gasteiger partial charge in [0, 0.05) is 18.7 Å². The molecule has 1 aliphatic rings. The molecule has 2 aromatic rings. The van der Waals surface area contributed by atoms with E-state index in [1.165, 1.54) is 36.3 Å². The van der Waals surface area contributed by atoms with E-state index in [0.29, 0.717) is 10.8 Å². The molecule has 1 amide bonds. The third-order valence-corrected chi connectivity index (χ3v) is 5.51. The smallest absolute Gasteiger partial charge is 0.265 e. The zero-order valence-electron chi connectivity index (χ0n) is 13.0. The van der Waals surface area contributed by atoms with Crippen molar-refractivity contribution in [3.63, 3.8) is 0 Å². The molecule has 1 heterocycles. The molecule has 0 saturated heterocycles. The molecular formula is C17H19FN2OS. The number of amides is 1. The van der Waals surface area contributed by atoms with Crippen LogP contribution in [0.25, 0.3) is 10.6 Å². The predicted octanol–water partition coefficient (Wildman–Crippen LogP) is 4.13. The number of rotatable bonds is 4. The number of thiazole rings is 1. The van der Waals surface area contributed by atoms with Crippen molar-refractivity contribution in [3.05, 3.63) is 40.7 Å². The van der Waals surface area contributed by atoms with Gasteiger partial charge >= 0.3 is 0 Å². The molecule has 1 aromatic heterocycles. The number of halogens is 1. The van der Waals surface area contributed by atoms with E-state index in [9.17, 15) is 9.18 Å². The van der Waals surface area contributed by atoms with Crippen molar-refractivity contribution >= 4 is 17.2 Å². The lowest BCUT2D eigenvalue weighted by atomic mass is 10.2. The Morgan fingerprint density at radius 3 is 2.59 bits per heavy atom. The van der Waals surface area contributed by atoms with Crippen molar-refractivity contribution in [2.75, 3.05) is 7.05 Å². The van der Waals surface area contributed by atoms with Gasteiger partial charge < -0.3 is 4.90 Å². The summed E-state index contributed by atoms with van der Waals surface area (Å²) in [6, 6.07) is 6.48. The van der Waals surface area contributed by atoms with Gasteiger partial charge in [0.25, 0.3) is 5.91 Å². The largest absolute Gasteiger partial charge is 0.338 e. The van der Waals surface area contributed by atoms with Gasteiger partial charge in [0.1, 0.15) is 15.7 Å². The molecule has 116 valence electrons. The summed E-state index contributed by atoms with van der Waals surface area (Å²) in [6.45, 7) is 3.96. The fourth-order valence-corrected chi connectivity index (χ4v) is 3.61. The van der Waals surface area contributed by atoms with Crippen LogP contribution in [-0.2, 0) is 0 Å². The molecule has 0 spiro atoms. The first-order chi connectivity index (χ1) is 10.5. The molecule has 1 atom stereocenters. The lowest BCUT2D eigenvalue weighted by Gasteiger charge is -2.24. The summed E-state index contributed by atoms with van der Waals surface area (Å²) in [6.07, 6.45) is 2.42. The Hall–Kier alpha value is -1.75. The van der Waals surface area contributed by atoms with Crippen LogP contribution < -0.4 is 0 Å². The van der Waals surface area contributed by atoms with E-state index in [1.807, 2.05) is 18.9 Å². The molecule has 22 heavy (non-hydrogen) atoms. The number of carbonyl (C=O) groups excluding carboxylic acids is 1. The molecule has 0 aliphatic heterocycles. The summed E-state index contributed by atoms with van der Waals surface area (Å²) in [7, 11) is 1.86. The van der Waals surface area contributed by atoms with Gasteiger partial charge in [-0.15, -0.1) is 11.3 Å². The van der Waals surface area contributed by atoms with E-state index < -0.39 is 0 Å². The summed E-state index contributed by atoms with van der Waals surface area (Å²) >= 11 is 1.38. The second-order valence-corrected chi connectivity index (χ2v) is 6.93. The maximum Gasteiger partial charge on any atom is 0.265 e. The van der Waals surface area contributed by atoms with Crippen molar-refractivity contribution in [1.82, 2.24) is 9.88 Å². The van der Waals surface area contributed by atoms with Crippen LogP contribution in [0.1, 0.15) is 35.1 Å². The van der Waals surface area contributed by atoms with Gasteiger partial charge in [-0.1, -0.05) is 0 Å². The molecule has 1 saturated carbocycles. The number of aryl methyl sites for hydroxylation is 1. The highest BCUT2D eigenvalue weighted by molar-refractivity contribution is 7.17. The molecular weight excluding hydrogens is 299 g/mol. The normalized spacial score (nSPS) is 15.6. The van der Waals surface area contributed by atoms with Crippen LogP contribution in [0, 0.1) is 18.7 Å². The van der Waals surface area contributed by atoms with Crippen molar-refractivity contribution in [3.8, 4) is 10.6 Å². The predicted molar refractivity (Wildman–Crippen MR) is 86.5 cm³/mol. The molecule has 1 aliphatic carbocycles. The van der Waals surface area contributed by atoms with Gasteiger partial charge in [0.15, 0.2) is 0 Å². The molecule has 1 fully saturated rings. The molecule has 3 nitrogen and oxygen atoms in total. The van der Waals surface area contributed by atoms with Crippen LogP contribution in [0.3, 0.4) is 0 Å². The Morgan fingerprint density at radius 1 is 1.36 bits per heavy atom. The Balaban J connectivity index is 1.85. The first-order valence-corrected chi connectivity index (χ1v) is 8.29. The minimum Gasteiger partial charge on any atom is -0.338 e. The fourth-order valence-electron chi connectivity index (χ4n) is 2.55. The second-order valence-electron chi connectivity index (χ2n) is 5.93. The van der Waals surface area contributed by atoms with Crippen LogP contribution in [0.2, 0.25) is 0 Å². The Labute approximate surface area is 133 Å². The van der Waals surface area contributed by atoms with Crippen LogP contribution in [-0.4, -0.2) is 28.9 Å². The van der Waals surface area contributed by atoms with E-state index in [0.717, 1.165) is 16.3 Å². The SMILES string of the molecule is Cc1nc(-c2ccc(F)cc2)sc1C(=O)N(C)[C@@H](C)C1CC1. The van der Waals surface area contributed by atoms with E-state index in [4.69, 9.17) is 0 Å². The average Bonchev–Trinajstić information content (AvgIpc) is 3.28. The maximum absolute atomic E-state index is 13.0. The average molecular weight is 318 g/mol.